The number of nitrogens with one attached hydrogen (secondary N) is 1. The van der Waals surface area contributed by atoms with Crippen molar-refractivity contribution in [2.24, 2.45) is 5.73 Å². The fraction of sp³-hybridized carbons (Fsp3) is 0.200. The van der Waals surface area contributed by atoms with Crippen LogP contribution in [0.4, 0.5) is 0 Å². The molecule has 19 heavy (non-hydrogen) atoms. The van der Waals surface area contributed by atoms with Crippen LogP contribution in [0.25, 0.3) is 10.8 Å². The number of fused-ring (bicyclic) bond motifs is 1. The topological polar surface area (TPSA) is 72.2 Å². The first-order valence-corrected chi connectivity index (χ1v) is 6.21. The molecular formula is C15H16N2O2. The van der Waals surface area contributed by atoms with Crippen molar-refractivity contribution < 1.29 is 9.59 Å². The van der Waals surface area contributed by atoms with Crippen LogP contribution < -0.4 is 11.1 Å². The van der Waals surface area contributed by atoms with Gasteiger partial charge in [0.2, 0.25) is 5.91 Å². The summed E-state index contributed by atoms with van der Waals surface area (Å²) in [6, 6.07) is 12.5. The SMILES string of the molecule is CC[C@@H](NC(=O)c1cccc2ccccc12)C(N)=O. The van der Waals surface area contributed by atoms with Crippen LogP contribution in [-0.4, -0.2) is 17.9 Å². The van der Waals surface area contributed by atoms with Gasteiger partial charge in [-0.25, -0.2) is 0 Å². The molecule has 0 unspecified atom stereocenters. The summed E-state index contributed by atoms with van der Waals surface area (Å²) in [6.07, 6.45) is 0.478. The molecule has 4 nitrogen and oxygen atoms in total. The minimum atomic E-state index is -0.633. The summed E-state index contributed by atoms with van der Waals surface area (Å²) in [5.41, 5.74) is 5.79. The van der Waals surface area contributed by atoms with Gasteiger partial charge in [-0.15, -0.1) is 0 Å². The Balaban J connectivity index is 2.34. The smallest absolute Gasteiger partial charge is 0.252 e. The van der Waals surface area contributed by atoms with Crippen LogP contribution in [0.15, 0.2) is 42.5 Å². The van der Waals surface area contributed by atoms with Crippen LogP contribution >= 0.6 is 0 Å². The monoisotopic (exact) mass is 256 g/mol. The van der Waals surface area contributed by atoms with E-state index >= 15 is 0 Å². The minimum Gasteiger partial charge on any atom is -0.368 e. The van der Waals surface area contributed by atoms with Gasteiger partial charge in [0.15, 0.2) is 0 Å². The predicted molar refractivity (Wildman–Crippen MR) is 74.7 cm³/mol. The van der Waals surface area contributed by atoms with Crippen molar-refractivity contribution >= 4 is 22.6 Å². The zero-order valence-electron chi connectivity index (χ0n) is 10.7. The Labute approximate surface area is 111 Å². The largest absolute Gasteiger partial charge is 0.368 e. The highest BCUT2D eigenvalue weighted by molar-refractivity contribution is 6.08. The number of nitrogens with two attached hydrogens (primary N) is 1. The number of hydrogen-bond acceptors (Lipinski definition) is 2. The summed E-state index contributed by atoms with van der Waals surface area (Å²) in [7, 11) is 0. The lowest BCUT2D eigenvalue weighted by molar-refractivity contribution is -0.119. The molecule has 0 heterocycles. The highest BCUT2D eigenvalue weighted by Crippen LogP contribution is 2.18. The van der Waals surface area contributed by atoms with E-state index in [0.29, 0.717) is 12.0 Å². The second-order valence-corrected chi connectivity index (χ2v) is 4.36. The van der Waals surface area contributed by atoms with Gasteiger partial charge in [0, 0.05) is 5.56 Å². The van der Waals surface area contributed by atoms with Crippen molar-refractivity contribution in [3.63, 3.8) is 0 Å². The molecule has 98 valence electrons. The van der Waals surface area contributed by atoms with Gasteiger partial charge in [0.1, 0.15) is 6.04 Å². The van der Waals surface area contributed by atoms with Crippen LogP contribution in [-0.2, 0) is 4.79 Å². The molecule has 0 bridgehead atoms. The molecule has 2 amide bonds. The lowest BCUT2D eigenvalue weighted by atomic mass is 10.0. The fourth-order valence-corrected chi connectivity index (χ4v) is 2.03. The summed E-state index contributed by atoms with van der Waals surface area (Å²) in [5.74, 6) is -0.793. The number of hydrogen-bond donors (Lipinski definition) is 2. The van der Waals surface area contributed by atoms with E-state index in [1.165, 1.54) is 0 Å². The minimum absolute atomic E-state index is 0.276. The molecule has 0 fully saturated rings. The second-order valence-electron chi connectivity index (χ2n) is 4.36. The third kappa shape index (κ3) is 2.73. The van der Waals surface area contributed by atoms with Gasteiger partial charge in [0.05, 0.1) is 0 Å². The van der Waals surface area contributed by atoms with E-state index in [0.717, 1.165) is 10.8 Å². The Hall–Kier alpha value is -2.36. The lowest BCUT2D eigenvalue weighted by Gasteiger charge is -2.14. The average Bonchev–Trinajstić information content (AvgIpc) is 2.43. The van der Waals surface area contributed by atoms with Crippen LogP contribution in [0.3, 0.4) is 0 Å². The van der Waals surface area contributed by atoms with E-state index in [9.17, 15) is 9.59 Å². The number of carbonyl (C=O) groups is 2. The lowest BCUT2D eigenvalue weighted by Crippen LogP contribution is -2.43. The second kappa shape index (κ2) is 5.52. The molecule has 4 heteroatoms. The van der Waals surface area contributed by atoms with E-state index < -0.39 is 11.9 Å². The van der Waals surface area contributed by atoms with Crippen molar-refractivity contribution in [2.75, 3.05) is 0 Å². The molecule has 0 aliphatic rings. The zero-order chi connectivity index (χ0) is 13.8. The van der Waals surface area contributed by atoms with Gasteiger partial charge >= 0.3 is 0 Å². The highest BCUT2D eigenvalue weighted by atomic mass is 16.2. The maximum atomic E-state index is 12.2. The number of primary amides is 1. The third-order valence-corrected chi connectivity index (χ3v) is 3.09. The van der Waals surface area contributed by atoms with Gasteiger partial charge in [-0.05, 0) is 23.3 Å². The Morgan fingerprint density at radius 1 is 1.16 bits per heavy atom. The summed E-state index contributed by atoms with van der Waals surface area (Å²) in [5, 5.41) is 4.51. The molecule has 0 aliphatic heterocycles. The molecule has 0 saturated heterocycles. The normalized spacial score (nSPS) is 12.1. The molecule has 1 atom stereocenters. The molecule has 0 saturated carbocycles. The Morgan fingerprint density at radius 2 is 1.84 bits per heavy atom. The van der Waals surface area contributed by atoms with Crippen molar-refractivity contribution in [3.8, 4) is 0 Å². The van der Waals surface area contributed by atoms with Crippen LogP contribution in [0.5, 0.6) is 0 Å². The highest BCUT2D eigenvalue weighted by Gasteiger charge is 2.17. The summed E-state index contributed by atoms with van der Waals surface area (Å²) in [4.78, 5) is 23.4. The van der Waals surface area contributed by atoms with Gasteiger partial charge in [-0.2, -0.15) is 0 Å². The Kier molecular flexibility index (Phi) is 3.80. The summed E-state index contributed by atoms with van der Waals surface area (Å²) >= 11 is 0. The third-order valence-electron chi connectivity index (χ3n) is 3.09. The van der Waals surface area contributed by atoms with E-state index in [-0.39, 0.29) is 5.91 Å². The van der Waals surface area contributed by atoms with Crippen LogP contribution in [0.1, 0.15) is 23.7 Å². The first kappa shape index (κ1) is 13.1. The number of carbonyl (C=O) groups excluding carboxylic acids is 2. The van der Waals surface area contributed by atoms with Gasteiger partial charge in [0.25, 0.3) is 5.91 Å². The predicted octanol–water partition coefficient (Wildman–Crippen LogP) is 1.83. The maximum Gasteiger partial charge on any atom is 0.252 e. The van der Waals surface area contributed by atoms with E-state index in [1.54, 1.807) is 13.0 Å². The van der Waals surface area contributed by atoms with Crippen LogP contribution in [0, 0.1) is 0 Å². The van der Waals surface area contributed by atoms with Crippen LogP contribution in [0.2, 0.25) is 0 Å². The number of benzene rings is 2. The van der Waals surface area contributed by atoms with Gasteiger partial charge < -0.3 is 11.1 Å². The molecule has 0 spiro atoms. The van der Waals surface area contributed by atoms with E-state index in [4.69, 9.17) is 5.73 Å². The molecule has 2 aromatic carbocycles. The molecule has 0 radical (unpaired) electrons. The quantitative estimate of drug-likeness (QED) is 0.876. The Bertz CT molecular complexity index is 617. The molecule has 2 aromatic rings. The first-order valence-electron chi connectivity index (χ1n) is 6.21. The van der Waals surface area contributed by atoms with Crippen molar-refractivity contribution in [1.82, 2.24) is 5.32 Å². The molecule has 0 aromatic heterocycles. The average molecular weight is 256 g/mol. The standard InChI is InChI=1S/C15H16N2O2/c1-2-13(14(16)18)17-15(19)12-9-5-7-10-6-3-4-8-11(10)12/h3-9,13H,2H2,1H3,(H2,16,18)(H,17,19)/t13-/m1/s1. The van der Waals surface area contributed by atoms with Crippen molar-refractivity contribution in [1.29, 1.82) is 0 Å². The summed E-state index contributed by atoms with van der Waals surface area (Å²) in [6.45, 7) is 1.80. The maximum absolute atomic E-state index is 12.2. The zero-order valence-corrected chi connectivity index (χ0v) is 10.7. The first-order chi connectivity index (χ1) is 9.13. The summed E-state index contributed by atoms with van der Waals surface area (Å²) < 4.78 is 0. The van der Waals surface area contributed by atoms with Gasteiger partial charge in [-0.3, -0.25) is 9.59 Å². The molecular weight excluding hydrogens is 240 g/mol. The number of rotatable bonds is 4. The van der Waals surface area contributed by atoms with E-state index in [1.807, 2.05) is 36.4 Å². The Morgan fingerprint density at radius 3 is 2.53 bits per heavy atom. The van der Waals surface area contributed by atoms with Crippen molar-refractivity contribution in [3.05, 3.63) is 48.0 Å². The molecule has 2 rings (SSSR count). The van der Waals surface area contributed by atoms with Crippen molar-refractivity contribution in [2.45, 2.75) is 19.4 Å². The van der Waals surface area contributed by atoms with Gasteiger partial charge in [-0.1, -0.05) is 43.3 Å². The number of amides is 2. The van der Waals surface area contributed by atoms with E-state index in [2.05, 4.69) is 5.32 Å². The fourth-order valence-electron chi connectivity index (χ4n) is 2.03. The molecule has 3 N–H and O–H groups in total. The molecule has 0 aliphatic carbocycles.